The van der Waals surface area contributed by atoms with Gasteiger partial charge in [0.1, 0.15) is 11.9 Å². The maximum Gasteiger partial charge on any atom is 0.120 e. The summed E-state index contributed by atoms with van der Waals surface area (Å²) in [6.45, 7) is 2.27. The fraction of sp³-hybridized carbons (Fsp3) is 0.667. The lowest BCUT2D eigenvalue weighted by Gasteiger charge is -2.41. The van der Waals surface area contributed by atoms with Crippen molar-refractivity contribution in [2.75, 3.05) is 7.11 Å². The molecule has 21 heavy (non-hydrogen) atoms. The maximum absolute atomic E-state index is 10.9. The predicted octanol–water partition coefficient (Wildman–Crippen LogP) is 3.86. The number of methoxy groups -OCH3 is 1. The summed E-state index contributed by atoms with van der Waals surface area (Å²) >= 11 is 0. The van der Waals surface area contributed by atoms with Gasteiger partial charge in [-0.1, -0.05) is 19.1 Å². The van der Waals surface area contributed by atoms with Gasteiger partial charge < -0.3 is 14.6 Å². The molecule has 2 fully saturated rings. The first kappa shape index (κ1) is 14.9. The lowest BCUT2D eigenvalue weighted by molar-refractivity contribution is -0.130. The van der Waals surface area contributed by atoms with Crippen LogP contribution in [0, 0.1) is 5.92 Å². The molecule has 0 spiro atoms. The molecule has 0 amide bonds. The van der Waals surface area contributed by atoms with Gasteiger partial charge in [0, 0.05) is 7.11 Å². The van der Waals surface area contributed by atoms with Crippen molar-refractivity contribution in [3.63, 3.8) is 0 Å². The molecular weight excluding hydrogens is 264 g/mol. The molecule has 1 atom stereocenters. The summed E-state index contributed by atoms with van der Waals surface area (Å²) in [5.41, 5.74) is 0.467. The van der Waals surface area contributed by atoms with E-state index in [2.05, 4.69) is 6.92 Å². The Morgan fingerprint density at radius 3 is 2.52 bits per heavy atom. The molecule has 0 radical (unpaired) electrons. The van der Waals surface area contributed by atoms with Crippen molar-refractivity contribution in [2.24, 2.45) is 5.92 Å². The second-order valence-corrected chi connectivity index (χ2v) is 6.74. The van der Waals surface area contributed by atoms with E-state index in [0.717, 1.165) is 55.8 Å². The average molecular weight is 290 g/mol. The fourth-order valence-corrected chi connectivity index (χ4v) is 3.28. The van der Waals surface area contributed by atoms with Crippen LogP contribution in [-0.2, 0) is 4.74 Å². The number of aliphatic hydroxyl groups is 1. The van der Waals surface area contributed by atoms with Gasteiger partial charge in [-0.2, -0.15) is 0 Å². The molecule has 3 rings (SSSR count). The van der Waals surface area contributed by atoms with Crippen molar-refractivity contribution >= 4 is 0 Å². The first-order valence-corrected chi connectivity index (χ1v) is 8.13. The minimum Gasteiger partial charge on any atom is -0.490 e. The molecule has 1 aromatic carbocycles. The molecule has 2 saturated carbocycles. The Kier molecular flexibility index (Phi) is 4.23. The molecule has 3 nitrogen and oxygen atoms in total. The quantitative estimate of drug-likeness (QED) is 0.895. The Bertz CT molecular complexity index is 473. The highest BCUT2D eigenvalue weighted by atomic mass is 16.5. The van der Waals surface area contributed by atoms with Crippen LogP contribution in [0.4, 0.5) is 0 Å². The summed E-state index contributed by atoms with van der Waals surface area (Å²) in [6.07, 6.45) is 6.15. The topological polar surface area (TPSA) is 38.7 Å². The lowest BCUT2D eigenvalue weighted by Crippen LogP contribution is -2.41. The number of rotatable bonds is 5. The normalized spacial score (nSPS) is 30.9. The zero-order valence-corrected chi connectivity index (χ0v) is 13.0. The zero-order chi connectivity index (χ0) is 14.9. The molecule has 0 aliphatic heterocycles. The second kappa shape index (κ2) is 5.98. The van der Waals surface area contributed by atoms with Crippen LogP contribution < -0.4 is 4.74 Å². The van der Waals surface area contributed by atoms with Crippen molar-refractivity contribution < 1.29 is 14.6 Å². The Labute approximate surface area is 127 Å². The molecule has 2 aliphatic carbocycles. The minimum atomic E-state index is -0.585. The molecule has 2 aliphatic rings. The highest BCUT2D eigenvalue weighted by Crippen LogP contribution is 2.43. The van der Waals surface area contributed by atoms with Gasteiger partial charge in [0.15, 0.2) is 0 Å². The molecule has 0 aromatic heterocycles. The van der Waals surface area contributed by atoms with E-state index in [1.165, 1.54) is 0 Å². The molecule has 1 aromatic rings. The summed E-state index contributed by atoms with van der Waals surface area (Å²) in [6, 6.07) is 7.88. The summed E-state index contributed by atoms with van der Waals surface area (Å²) in [4.78, 5) is 0. The second-order valence-electron chi connectivity index (χ2n) is 6.74. The number of ether oxygens (including phenoxy) is 2. The third-order valence-corrected chi connectivity index (χ3v) is 5.03. The predicted molar refractivity (Wildman–Crippen MR) is 82.4 cm³/mol. The number of hydrogen-bond acceptors (Lipinski definition) is 3. The van der Waals surface area contributed by atoms with Gasteiger partial charge >= 0.3 is 0 Å². The van der Waals surface area contributed by atoms with E-state index in [-0.39, 0.29) is 0 Å². The Balaban J connectivity index is 1.77. The van der Waals surface area contributed by atoms with Crippen LogP contribution in [-0.4, -0.2) is 23.9 Å². The smallest absolute Gasteiger partial charge is 0.120 e. The van der Waals surface area contributed by atoms with E-state index in [1.54, 1.807) is 7.11 Å². The molecule has 1 N–H and O–H groups in total. The van der Waals surface area contributed by atoms with E-state index in [4.69, 9.17) is 9.47 Å². The fourth-order valence-electron chi connectivity index (χ4n) is 3.28. The Morgan fingerprint density at radius 2 is 1.90 bits per heavy atom. The van der Waals surface area contributed by atoms with Crippen LogP contribution in [0.3, 0.4) is 0 Å². The first-order valence-electron chi connectivity index (χ1n) is 8.13. The molecule has 1 unspecified atom stereocenters. The maximum atomic E-state index is 10.9. The SMILES string of the molecule is COC1(C(O)c2cccc(OC3CC3)c2)CCC(C)CC1. The Hall–Kier alpha value is -1.06. The van der Waals surface area contributed by atoms with Gasteiger partial charge in [0.05, 0.1) is 11.7 Å². The molecule has 0 heterocycles. The van der Waals surface area contributed by atoms with Gasteiger partial charge in [-0.15, -0.1) is 0 Å². The van der Waals surface area contributed by atoms with Crippen LogP contribution in [0.5, 0.6) is 5.75 Å². The monoisotopic (exact) mass is 290 g/mol. The van der Waals surface area contributed by atoms with Crippen LogP contribution in [0.2, 0.25) is 0 Å². The summed E-state index contributed by atoms with van der Waals surface area (Å²) in [7, 11) is 1.73. The van der Waals surface area contributed by atoms with Crippen molar-refractivity contribution in [1.29, 1.82) is 0 Å². The molecule has 0 bridgehead atoms. The number of hydrogen-bond donors (Lipinski definition) is 1. The van der Waals surface area contributed by atoms with Crippen LogP contribution in [0.15, 0.2) is 24.3 Å². The lowest BCUT2D eigenvalue weighted by atomic mass is 9.74. The van der Waals surface area contributed by atoms with Crippen molar-refractivity contribution in [3.05, 3.63) is 29.8 Å². The summed E-state index contributed by atoms with van der Waals surface area (Å²) in [5, 5.41) is 10.9. The van der Waals surface area contributed by atoms with Crippen LogP contribution in [0.25, 0.3) is 0 Å². The van der Waals surface area contributed by atoms with Gasteiger partial charge in [-0.25, -0.2) is 0 Å². The summed E-state index contributed by atoms with van der Waals surface area (Å²) in [5.74, 6) is 1.59. The largest absolute Gasteiger partial charge is 0.490 e. The molecular formula is C18H26O3. The first-order chi connectivity index (χ1) is 10.1. The molecule has 0 saturated heterocycles. The summed E-state index contributed by atoms with van der Waals surface area (Å²) < 4.78 is 11.6. The van der Waals surface area contributed by atoms with Gasteiger partial charge in [-0.3, -0.25) is 0 Å². The highest BCUT2D eigenvalue weighted by Gasteiger charge is 2.41. The van der Waals surface area contributed by atoms with Crippen molar-refractivity contribution in [3.8, 4) is 5.75 Å². The molecule has 3 heteroatoms. The third kappa shape index (κ3) is 3.24. The standard InChI is InChI=1S/C18H26O3/c1-13-8-10-18(20-2,11-9-13)17(19)14-4-3-5-16(12-14)21-15-6-7-15/h3-5,12-13,15,17,19H,6-11H2,1-2H3. The van der Waals surface area contributed by atoms with Crippen LogP contribution in [0.1, 0.15) is 57.1 Å². The Morgan fingerprint density at radius 1 is 1.19 bits per heavy atom. The number of aliphatic hydroxyl groups excluding tert-OH is 1. The molecule has 116 valence electrons. The van der Waals surface area contributed by atoms with Crippen LogP contribution >= 0.6 is 0 Å². The minimum absolute atomic E-state index is 0.379. The van der Waals surface area contributed by atoms with Crippen molar-refractivity contribution in [2.45, 2.75) is 63.3 Å². The third-order valence-electron chi connectivity index (χ3n) is 5.03. The van der Waals surface area contributed by atoms with E-state index in [1.807, 2.05) is 24.3 Å². The van der Waals surface area contributed by atoms with E-state index >= 15 is 0 Å². The highest BCUT2D eigenvalue weighted by molar-refractivity contribution is 5.32. The average Bonchev–Trinajstić information content (AvgIpc) is 3.32. The van der Waals surface area contributed by atoms with E-state index < -0.39 is 11.7 Å². The van der Waals surface area contributed by atoms with Gasteiger partial charge in [-0.05, 0) is 62.1 Å². The van der Waals surface area contributed by atoms with Crippen molar-refractivity contribution in [1.82, 2.24) is 0 Å². The van der Waals surface area contributed by atoms with E-state index in [0.29, 0.717) is 6.10 Å². The van der Waals surface area contributed by atoms with Gasteiger partial charge in [0.25, 0.3) is 0 Å². The number of benzene rings is 1. The van der Waals surface area contributed by atoms with Gasteiger partial charge in [0.2, 0.25) is 0 Å². The van der Waals surface area contributed by atoms with E-state index in [9.17, 15) is 5.11 Å². The zero-order valence-electron chi connectivity index (χ0n) is 13.0.